The number of aliphatic hydroxyl groups excluding tert-OH is 1. The Bertz CT molecular complexity index is 558. The van der Waals surface area contributed by atoms with Crippen LogP contribution in [0.25, 0.3) is 0 Å². The second-order valence-corrected chi connectivity index (χ2v) is 7.84. The molecule has 36 heavy (non-hydrogen) atoms. The molecule has 0 amide bonds. The molecule has 0 aliphatic heterocycles. The summed E-state index contributed by atoms with van der Waals surface area (Å²) in [4.78, 5) is 40.1. The fourth-order valence-corrected chi connectivity index (χ4v) is 1.84. The highest BCUT2D eigenvalue weighted by Crippen LogP contribution is 2.04. The molecule has 17 N–H and O–H groups in total. The maximum Gasteiger partial charge on any atom is 0.322 e. The minimum Gasteiger partial charge on any atom is -0.480 e. The van der Waals surface area contributed by atoms with Crippen LogP contribution in [0.1, 0.15) is 58.8 Å². The standard InChI is InChI=1S/2C6H14N2O2.C6H13NO2.C3H7NO3/c2*7-4-2-1-3-5(8)6(9)10;1-3-4(2)5(7)6(8)9;4-2(1-5)3(6)7/h2*5H,1-4,7-8H2,(H,9,10);4-5H,3,7H2,1-2H3,(H,8,9);2,5H,1,4H2,(H,6,7). The molecular formula is C21H48N6O9. The highest BCUT2D eigenvalue weighted by molar-refractivity contribution is 5.74. The van der Waals surface area contributed by atoms with E-state index in [0.29, 0.717) is 25.9 Å². The molecule has 5 unspecified atom stereocenters. The van der Waals surface area contributed by atoms with Gasteiger partial charge in [-0.1, -0.05) is 33.1 Å². The van der Waals surface area contributed by atoms with Crippen molar-refractivity contribution in [3.05, 3.63) is 0 Å². The number of nitrogens with two attached hydrogens (primary N) is 6. The van der Waals surface area contributed by atoms with Crippen LogP contribution in [-0.2, 0) is 19.2 Å². The van der Waals surface area contributed by atoms with Crippen LogP contribution in [0.4, 0.5) is 0 Å². The fraction of sp³-hybridized carbons (Fsp3) is 0.810. The van der Waals surface area contributed by atoms with Crippen LogP contribution >= 0.6 is 0 Å². The summed E-state index contributed by atoms with van der Waals surface area (Å²) in [6.45, 7) is 4.46. The Morgan fingerprint density at radius 3 is 1.11 bits per heavy atom. The maximum atomic E-state index is 10.2. The fourth-order valence-electron chi connectivity index (χ4n) is 1.84. The van der Waals surface area contributed by atoms with Crippen LogP contribution in [0.15, 0.2) is 0 Å². The van der Waals surface area contributed by atoms with Gasteiger partial charge in [-0.25, -0.2) is 0 Å². The summed E-state index contributed by atoms with van der Waals surface area (Å²) < 4.78 is 0. The number of unbranched alkanes of at least 4 members (excludes halogenated alkanes) is 2. The molecule has 0 heterocycles. The first-order chi connectivity index (χ1) is 16.6. The normalized spacial score (nSPS) is 14.0. The molecule has 0 spiro atoms. The molecule has 15 nitrogen and oxygen atoms in total. The lowest BCUT2D eigenvalue weighted by Gasteiger charge is -2.11. The van der Waals surface area contributed by atoms with Crippen LogP contribution in [0.3, 0.4) is 0 Å². The average molecular weight is 529 g/mol. The predicted molar refractivity (Wildman–Crippen MR) is 135 cm³/mol. The SMILES string of the molecule is CCC(C)C(N)C(=O)O.NC(CO)C(=O)O.NCCCCC(N)C(=O)O.NCCCCC(N)C(=O)O. The van der Waals surface area contributed by atoms with Crippen LogP contribution in [0.5, 0.6) is 0 Å². The van der Waals surface area contributed by atoms with E-state index in [2.05, 4.69) is 0 Å². The summed E-state index contributed by atoms with van der Waals surface area (Å²) in [7, 11) is 0. The number of aliphatic hydroxyl groups is 1. The summed E-state index contributed by atoms with van der Waals surface area (Å²) in [5.41, 5.74) is 30.9. The molecule has 0 aromatic heterocycles. The molecule has 0 aliphatic carbocycles. The molecule has 216 valence electrons. The summed E-state index contributed by atoms with van der Waals surface area (Å²) in [5.74, 6) is -3.89. The van der Waals surface area contributed by atoms with Gasteiger partial charge in [0.2, 0.25) is 0 Å². The van der Waals surface area contributed by atoms with Gasteiger partial charge in [0.15, 0.2) is 0 Å². The molecule has 0 saturated heterocycles. The third-order valence-corrected chi connectivity index (χ3v) is 4.63. The lowest BCUT2D eigenvalue weighted by atomic mass is 10.0. The molecule has 0 bridgehead atoms. The zero-order chi connectivity index (χ0) is 29.3. The van der Waals surface area contributed by atoms with Crippen LogP contribution in [0, 0.1) is 5.92 Å². The molecule has 0 saturated carbocycles. The number of carbonyl (C=O) groups is 4. The van der Waals surface area contributed by atoms with Crippen LogP contribution in [0.2, 0.25) is 0 Å². The molecule has 0 fully saturated rings. The Kier molecular flexibility index (Phi) is 30.8. The molecular weight excluding hydrogens is 480 g/mol. The summed E-state index contributed by atoms with van der Waals surface area (Å²) in [5, 5.41) is 40.9. The van der Waals surface area contributed by atoms with Crippen molar-refractivity contribution < 1.29 is 44.7 Å². The third-order valence-electron chi connectivity index (χ3n) is 4.63. The number of carboxylic acids is 4. The predicted octanol–water partition coefficient (Wildman–Crippen LogP) is -2.11. The zero-order valence-corrected chi connectivity index (χ0v) is 21.3. The zero-order valence-electron chi connectivity index (χ0n) is 21.3. The topological polar surface area (TPSA) is 326 Å². The number of hydrogen-bond acceptors (Lipinski definition) is 11. The smallest absolute Gasteiger partial charge is 0.322 e. The molecule has 0 aromatic rings. The van der Waals surface area contributed by atoms with E-state index < -0.39 is 54.7 Å². The van der Waals surface area contributed by atoms with Gasteiger partial charge in [0.05, 0.1) is 6.61 Å². The second-order valence-electron chi connectivity index (χ2n) is 7.84. The lowest BCUT2D eigenvalue weighted by Crippen LogP contribution is -2.36. The number of rotatable bonds is 15. The number of hydrogen-bond donors (Lipinski definition) is 11. The van der Waals surface area contributed by atoms with Crippen molar-refractivity contribution in [2.24, 2.45) is 40.3 Å². The van der Waals surface area contributed by atoms with Crippen molar-refractivity contribution in [1.29, 1.82) is 0 Å². The van der Waals surface area contributed by atoms with E-state index in [0.717, 1.165) is 32.1 Å². The van der Waals surface area contributed by atoms with Gasteiger partial charge in [0.25, 0.3) is 0 Å². The van der Waals surface area contributed by atoms with Gasteiger partial charge in [-0.3, -0.25) is 19.2 Å². The van der Waals surface area contributed by atoms with Crippen LogP contribution in [-0.4, -0.2) is 93.3 Å². The quantitative estimate of drug-likeness (QED) is 0.101. The molecule has 0 aromatic carbocycles. The monoisotopic (exact) mass is 528 g/mol. The van der Waals surface area contributed by atoms with Gasteiger partial charge >= 0.3 is 23.9 Å². The molecule has 0 rings (SSSR count). The summed E-state index contributed by atoms with van der Waals surface area (Å²) >= 11 is 0. The van der Waals surface area contributed by atoms with E-state index in [-0.39, 0.29) is 5.92 Å². The van der Waals surface area contributed by atoms with Gasteiger partial charge in [-0.15, -0.1) is 0 Å². The van der Waals surface area contributed by atoms with Gasteiger partial charge in [-0.2, -0.15) is 0 Å². The minimum atomic E-state index is -1.18. The summed E-state index contributed by atoms with van der Waals surface area (Å²) in [6.07, 6.45) is 5.14. The molecule has 0 radical (unpaired) electrons. The Balaban J connectivity index is -0.000000191. The van der Waals surface area contributed by atoms with E-state index >= 15 is 0 Å². The van der Waals surface area contributed by atoms with Gasteiger partial charge < -0.3 is 59.9 Å². The number of carboxylic acid groups (broad SMARTS) is 4. The molecule has 5 atom stereocenters. The van der Waals surface area contributed by atoms with Crippen molar-refractivity contribution in [2.75, 3.05) is 19.7 Å². The maximum absolute atomic E-state index is 10.2. The van der Waals surface area contributed by atoms with Gasteiger partial charge in [-0.05, 0) is 44.7 Å². The largest absolute Gasteiger partial charge is 0.480 e. The van der Waals surface area contributed by atoms with Crippen molar-refractivity contribution in [1.82, 2.24) is 0 Å². The Labute approximate surface area is 212 Å². The van der Waals surface area contributed by atoms with E-state index in [9.17, 15) is 19.2 Å². The highest BCUT2D eigenvalue weighted by Gasteiger charge is 2.17. The third kappa shape index (κ3) is 29.6. The van der Waals surface area contributed by atoms with Gasteiger partial charge in [0.1, 0.15) is 24.2 Å². The lowest BCUT2D eigenvalue weighted by molar-refractivity contribution is -0.140. The first kappa shape index (κ1) is 40.8. The Morgan fingerprint density at radius 2 is 0.972 bits per heavy atom. The first-order valence-corrected chi connectivity index (χ1v) is 11.6. The molecule has 15 heteroatoms. The van der Waals surface area contributed by atoms with E-state index in [1.165, 1.54) is 0 Å². The highest BCUT2D eigenvalue weighted by atomic mass is 16.4. The summed E-state index contributed by atoms with van der Waals surface area (Å²) in [6, 6.07) is -3.26. The first-order valence-electron chi connectivity index (χ1n) is 11.6. The Hall–Kier alpha value is -2.40. The van der Waals surface area contributed by atoms with E-state index in [4.69, 9.17) is 59.9 Å². The van der Waals surface area contributed by atoms with Crippen molar-refractivity contribution in [2.45, 2.75) is 83.0 Å². The molecule has 0 aliphatic rings. The van der Waals surface area contributed by atoms with Crippen molar-refractivity contribution in [3.63, 3.8) is 0 Å². The van der Waals surface area contributed by atoms with Crippen LogP contribution < -0.4 is 34.4 Å². The van der Waals surface area contributed by atoms with Crippen molar-refractivity contribution >= 4 is 23.9 Å². The minimum absolute atomic E-state index is 0.0718. The number of aliphatic carboxylic acids is 4. The van der Waals surface area contributed by atoms with E-state index in [1.807, 2.05) is 13.8 Å². The van der Waals surface area contributed by atoms with Crippen molar-refractivity contribution in [3.8, 4) is 0 Å². The average Bonchev–Trinajstić information content (AvgIpc) is 2.83. The second kappa shape index (κ2) is 27.2. The van der Waals surface area contributed by atoms with Gasteiger partial charge in [0, 0.05) is 0 Å². The van der Waals surface area contributed by atoms with E-state index in [1.54, 1.807) is 0 Å². The Morgan fingerprint density at radius 1 is 0.639 bits per heavy atom.